The van der Waals surface area contributed by atoms with E-state index in [9.17, 15) is 0 Å². The van der Waals surface area contributed by atoms with E-state index in [4.69, 9.17) is 17.3 Å². The van der Waals surface area contributed by atoms with Crippen molar-refractivity contribution < 1.29 is 0 Å². The van der Waals surface area contributed by atoms with E-state index in [0.717, 1.165) is 23.0 Å². The van der Waals surface area contributed by atoms with Gasteiger partial charge in [-0.2, -0.15) is 0 Å². The van der Waals surface area contributed by atoms with Gasteiger partial charge in [-0.3, -0.25) is 4.98 Å². The molecule has 0 unspecified atom stereocenters. The summed E-state index contributed by atoms with van der Waals surface area (Å²) in [7, 11) is 0. The summed E-state index contributed by atoms with van der Waals surface area (Å²) in [5, 5.41) is 0.592. The summed E-state index contributed by atoms with van der Waals surface area (Å²) in [6.45, 7) is 0. The summed E-state index contributed by atoms with van der Waals surface area (Å²) in [5.41, 5.74) is 7.69. The fourth-order valence-electron chi connectivity index (χ4n) is 2.57. The van der Waals surface area contributed by atoms with Gasteiger partial charge in [-0.05, 0) is 40.9 Å². The van der Waals surface area contributed by atoms with E-state index in [1.54, 1.807) is 12.3 Å². The van der Waals surface area contributed by atoms with Crippen molar-refractivity contribution in [3.63, 3.8) is 0 Å². The first-order chi connectivity index (χ1) is 9.65. The van der Waals surface area contributed by atoms with E-state index >= 15 is 0 Å². The number of halogens is 2. The lowest BCUT2D eigenvalue weighted by atomic mass is 10.0. The average molecular weight is 354 g/mol. The summed E-state index contributed by atoms with van der Waals surface area (Å²) in [5.74, 6) is 1.48. The summed E-state index contributed by atoms with van der Waals surface area (Å²) >= 11 is 9.37. The van der Waals surface area contributed by atoms with Crippen LogP contribution in [0.3, 0.4) is 0 Å². The van der Waals surface area contributed by atoms with Crippen molar-refractivity contribution in [3.05, 3.63) is 33.5 Å². The van der Waals surface area contributed by atoms with Crippen molar-refractivity contribution in [2.45, 2.75) is 31.6 Å². The van der Waals surface area contributed by atoms with E-state index in [-0.39, 0.29) is 0 Å². The molecule has 6 heteroatoms. The molecule has 2 heterocycles. The molecule has 0 saturated heterocycles. The van der Waals surface area contributed by atoms with E-state index in [1.165, 1.54) is 12.8 Å². The van der Waals surface area contributed by atoms with Crippen molar-refractivity contribution in [1.29, 1.82) is 0 Å². The number of rotatable bonds is 2. The Morgan fingerprint density at radius 3 is 2.60 bits per heavy atom. The van der Waals surface area contributed by atoms with Crippen LogP contribution in [-0.4, -0.2) is 15.0 Å². The molecule has 1 aliphatic carbocycles. The smallest absolute Gasteiger partial charge is 0.180 e. The van der Waals surface area contributed by atoms with Gasteiger partial charge < -0.3 is 5.73 Å². The fourth-order valence-corrected chi connectivity index (χ4v) is 3.19. The van der Waals surface area contributed by atoms with Gasteiger partial charge in [0.05, 0.1) is 15.2 Å². The van der Waals surface area contributed by atoms with E-state index in [0.29, 0.717) is 28.3 Å². The van der Waals surface area contributed by atoms with Crippen molar-refractivity contribution in [3.8, 4) is 11.5 Å². The molecule has 20 heavy (non-hydrogen) atoms. The van der Waals surface area contributed by atoms with Gasteiger partial charge in [-0.15, -0.1) is 0 Å². The molecule has 0 aliphatic heterocycles. The van der Waals surface area contributed by atoms with Gasteiger partial charge >= 0.3 is 0 Å². The standard InChI is InChI=1S/C14H14BrClN4/c15-11-12(8-3-1-2-4-8)19-14(20-13(11)17)10-6-5-9(16)7-18-10/h5-8H,1-4H2,(H2,17,19,20). The molecular formula is C14H14BrClN4. The Labute approximate surface area is 130 Å². The van der Waals surface area contributed by atoms with Gasteiger partial charge in [0, 0.05) is 12.1 Å². The predicted molar refractivity (Wildman–Crippen MR) is 83.6 cm³/mol. The minimum Gasteiger partial charge on any atom is -0.383 e. The Balaban J connectivity index is 2.05. The summed E-state index contributed by atoms with van der Waals surface area (Å²) in [6, 6.07) is 3.59. The highest BCUT2D eigenvalue weighted by Crippen LogP contribution is 2.38. The van der Waals surface area contributed by atoms with Gasteiger partial charge in [0.2, 0.25) is 0 Å². The van der Waals surface area contributed by atoms with E-state index in [2.05, 4.69) is 30.9 Å². The molecule has 0 aromatic carbocycles. The maximum absolute atomic E-state index is 6.00. The molecular weight excluding hydrogens is 340 g/mol. The normalized spacial score (nSPS) is 15.7. The van der Waals surface area contributed by atoms with Crippen molar-refractivity contribution in [1.82, 2.24) is 15.0 Å². The molecule has 0 bridgehead atoms. The lowest BCUT2D eigenvalue weighted by molar-refractivity contribution is 0.691. The third kappa shape index (κ3) is 2.65. The van der Waals surface area contributed by atoms with Crippen LogP contribution in [0.1, 0.15) is 37.3 Å². The lowest BCUT2D eigenvalue weighted by Crippen LogP contribution is -2.06. The SMILES string of the molecule is Nc1nc(-c2ccc(Cl)cn2)nc(C2CCCC2)c1Br. The topological polar surface area (TPSA) is 64.7 Å². The van der Waals surface area contributed by atoms with Crippen molar-refractivity contribution >= 4 is 33.3 Å². The van der Waals surface area contributed by atoms with Crippen molar-refractivity contribution in [2.75, 3.05) is 5.73 Å². The van der Waals surface area contributed by atoms with E-state index in [1.807, 2.05) is 6.07 Å². The molecule has 0 spiro atoms. The van der Waals surface area contributed by atoms with Gasteiger partial charge in [-0.25, -0.2) is 9.97 Å². The first-order valence-electron chi connectivity index (χ1n) is 6.60. The predicted octanol–water partition coefficient (Wildman–Crippen LogP) is 4.19. The molecule has 0 radical (unpaired) electrons. The third-order valence-corrected chi connectivity index (χ3v) is 4.64. The van der Waals surface area contributed by atoms with Crippen LogP contribution in [0.4, 0.5) is 5.82 Å². The summed E-state index contributed by atoms with van der Waals surface area (Å²) < 4.78 is 0.821. The Hall–Kier alpha value is -1.20. The Morgan fingerprint density at radius 2 is 1.95 bits per heavy atom. The van der Waals surface area contributed by atoms with Crippen LogP contribution in [0.15, 0.2) is 22.8 Å². The van der Waals surface area contributed by atoms with Crippen LogP contribution in [0.25, 0.3) is 11.5 Å². The van der Waals surface area contributed by atoms with Crippen LogP contribution in [0.2, 0.25) is 5.02 Å². The van der Waals surface area contributed by atoms with Crippen LogP contribution >= 0.6 is 27.5 Å². The number of nitrogens with two attached hydrogens (primary N) is 1. The molecule has 0 atom stereocenters. The number of nitrogens with zero attached hydrogens (tertiary/aromatic N) is 3. The maximum atomic E-state index is 6.00. The number of nitrogen functional groups attached to an aromatic ring is 1. The minimum absolute atomic E-state index is 0.459. The number of pyridine rings is 1. The highest BCUT2D eigenvalue weighted by molar-refractivity contribution is 9.10. The van der Waals surface area contributed by atoms with Gasteiger partial charge in [0.15, 0.2) is 5.82 Å². The maximum Gasteiger partial charge on any atom is 0.180 e. The monoisotopic (exact) mass is 352 g/mol. The highest BCUT2D eigenvalue weighted by atomic mass is 79.9. The van der Waals surface area contributed by atoms with Crippen LogP contribution in [-0.2, 0) is 0 Å². The van der Waals surface area contributed by atoms with Gasteiger partial charge in [0.1, 0.15) is 11.5 Å². The molecule has 2 aromatic heterocycles. The van der Waals surface area contributed by atoms with Crippen LogP contribution < -0.4 is 5.73 Å². The molecule has 3 rings (SSSR count). The Bertz CT molecular complexity index is 624. The largest absolute Gasteiger partial charge is 0.383 e. The summed E-state index contributed by atoms with van der Waals surface area (Å²) in [6.07, 6.45) is 6.39. The van der Waals surface area contributed by atoms with Crippen LogP contribution in [0.5, 0.6) is 0 Å². The second kappa shape index (κ2) is 5.66. The summed E-state index contributed by atoms with van der Waals surface area (Å²) in [4.78, 5) is 13.2. The number of hydrogen-bond acceptors (Lipinski definition) is 4. The molecule has 2 N–H and O–H groups in total. The Morgan fingerprint density at radius 1 is 1.20 bits per heavy atom. The number of hydrogen-bond donors (Lipinski definition) is 1. The number of aromatic nitrogens is 3. The van der Waals surface area contributed by atoms with Gasteiger partial charge in [0.25, 0.3) is 0 Å². The second-order valence-electron chi connectivity index (χ2n) is 4.97. The highest BCUT2D eigenvalue weighted by Gasteiger charge is 2.23. The molecule has 0 amide bonds. The molecule has 1 aliphatic rings. The van der Waals surface area contributed by atoms with Crippen molar-refractivity contribution in [2.24, 2.45) is 0 Å². The lowest BCUT2D eigenvalue weighted by Gasteiger charge is -2.13. The third-order valence-electron chi connectivity index (χ3n) is 3.60. The van der Waals surface area contributed by atoms with Gasteiger partial charge in [-0.1, -0.05) is 24.4 Å². The zero-order valence-corrected chi connectivity index (χ0v) is 13.2. The first kappa shape index (κ1) is 13.8. The average Bonchev–Trinajstić information content (AvgIpc) is 2.96. The molecule has 4 nitrogen and oxygen atoms in total. The minimum atomic E-state index is 0.459. The first-order valence-corrected chi connectivity index (χ1v) is 7.77. The molecule has 1 fully saturated rings. The number of anilines is 1. The zero-order chi connectivity index (χ0) is 14.1. The quantitative estimate of drug-likeness (QED) is 0.879. The van der Waals surface area contributed by atoms with Crippen LogP contribution in [0, 0.1) is 0 Å². The molecule has 104 valence electrons. The Kier molecular flexibility index (Phi) is 3.89. The zero-order valence-electron chi connectivity index (χ0n) is 10.8. The molecule has 1 saturated carbocycles. The van der Waals surface area contributed by atoms with E-state index < -0.39 is 0 Å². The molecule has 2 aromatic rings. The second-order valence-corrected chi connectivity index (χ2v) is 6.20. The fraction of sp³-hybridized carbons (Fsp3) is 0.357.